The van der Waals surface area contributed by atoms with Gasteiger partial charge in [0.05, 0.1) is 5.02 Å². The number of nitrogens with one attached hydrogen (secondary N) is 1. The Balaban J connectivity index is 2.18. The van der Waals surface area contributed by atoms with Crippen LogP contribution in [0.2, 0.25) is 5.02 Å². The van der Waals surface area contributed by atoms with Crippen LogP contribution in [0.1, 0.15) is 25.8 Å². The van der Waals surface area contributed by atoms with Gasteiger partial charge in [0.2, 0.25) is 5.91 Å². The lowest BCUT2D eigenvalue weighted by Gasteiger charge is -2.30. The predicted octanol–water partition coefficient (Wildman–Crippen LogP) is 4.42. The lowest BCUT2D eigenvalue weighted by atomic mass is 10.1. The van der Waals surface area contributed by atoms with Gasteiger partial charge >= 0.3 is 0 Å². The maximum atomic E-state index is 13.0. The Morgan fingerprint density at radius 1 is 1.18 bits per heavy atom. The molecule has 2 aromatic carbocycles. The van der Waals surface area contributed by atoms with E-state index in [2.05, 4.69) is 21.2 Å². The Morgan fingerprint density at radius 2 is 1.89 bits per heavy atom. The molecule has 1 N–H and O–H groups in total. The number of benzene rings is 2. The topological polar surface area (TPSA) is 58.6 Å². The lowest BCUT2D eigenvalue weighted by molar-refractivity contribution is -0.142. The van der Waals surface area contributed by atoms with Crippen LogP contribution in [0.25, 0.3) is 0 Å². The summed E-state index contributed by atoms with van der Waals surface area (Å²) >= 11 is 9.50. The summed E-state index contributed by atoms with van der Waals surface area (Å²) in [6.07, 6.45) is 0.503. The minimum atomic E-state index is -0.573. The molecule has 7 heteroatoms. The van der Waals surface area contributed by atoms with E-state index >= 15 is 0 Å². The average molecular weight is 468 g/mol. The van der Waals surface area contributed by atoms with Crippen molar-refractivity contribution in [2.24, 2.45) is 0 Å². The number of carbonyl (C=O) groups excluding carboxylic acids is 2. The molecular weight excluding hydrogens is 444 g/mol. The number of halogens is 2. The van der Waals surface area contributed by atoms with Gasteiger partial charge < -0.3 is 15.0 Å². The van der Waals surface area contributed by atoms with Gasteiger partial charge in [0, 0.05) is 17.6 Å². The molecule has 2 aromatic rings. The molecule has 0 heterocycles. The van der Waals surface area contributed by atoms with Crippen LogP contribution in [0, 0.1) is 0 Å². The SMILES string of the molecule is CCNC(=O)[C@@H](CC)N(Cc1ccccc1)C(=O)COc1ccc(Br)cc1Cl. The fourth-order valence-corrected chi connectivity index (χ4v) is 3.53. The largest absolute Gasteiger partial charge is 0.482 e. The van der Waals surface area contributed by atoms with E-state index in [0.717, 1.165) is 10.0 Å². The molecular formula is C21H24BrClN2O3. The Kier molecular flexibility index (Phi) is 8.80. The zero-order chi connectivity index (χ0) is 20.5. The first-order valence-corrected chi connectivity index (χ1v) is 10.3. The summed E-state index contributed by atoms with van der Waals surface area (Å²) in [5.74, 6) is -0.0270. The lowest BCUT2D eigenvalue weighted by Crippen LogP contribution is -2.50. The molecule has 0 saturated heterocycles. The second-order valence-corrected chi connectivity index (χ2v) is 7.51. The molecule has 0 aromatic heterocycles. The van der Waals surface area contributed by atoms with Crippen molar-refractivity contribution in [1.29, 1.82) is 0 Å². The molecule has 1 atom stereocenters. The van der Waals surface area contributed by atoms with Crippen molar-refractivity contribution in [2.45, 2.75) is 32.9 Å². The summed E-state index contributed by atoms with van der Waals surface area (Å²) < 4.78 is 6.45. The number of rotatable bonds is 9. The van der Waals surface area contributed by atoms with Crippen molar-refractivity contribution in [3.63, 3.8) is 0 Å². The second-order valence-electron chi connectivity index (χ2n) is 6.19. The van der Waals surface area contributed by atoms with Crippen molar-refractivity contribution in [3.8, 4) is 5.75 Å². The van der Waals surface area contributed by atoms with Gasteiger partial charge in [-0.1, -0.05) is 64.8 Å². The van der Waals surface area contributed by atoms with Gasteiger partial charge in [-0.05, 0) is 37.1 Å². The molecule has 0 aliphatic carbocycles. The molecule has 150 valence electrons. The fourth-order valence-electron chi connectivity index (χ4n) is 2.81. The summed E-state index contributed by atoms with van der Waals surface area (Å²) in [5.41, 5.74) is 0.945. The Hall–Kier alpha value is -2.05. The molecule has 0 fully saturated rings. The molecule has 0 spiro atoms. The van der Waals surface area contributed by atoms with Gasteiger partial charge in [-0.2, -0.15) is 0 Å². The summed E-state index contributed by atoms with van der Waals surface area (Å²) in [7, 11) is 0. The molecule has 0 radical (unpaired) electrons. The molecule has 5 nitrogen and oxygen atoms in total. The van der Waals surface area contributed by atoms with Gasteiger partial charge in [-0.3, -0.25) is 9.59 Å². The van der Waals surface area contributed by atoms with Gasteiger partial charge in [0.15, 0.2) is 6.61 Å². The quantitative estimate of drug-likeness (QED) is 0.594. The maximum Gasteiger partial charge on any atom is 0.261 e. The maximum absolute atomic E-state index is 13.0. The molecule has 0 aliphatic heterocycles. The van der Waals surface area contributed by atoms with Crippen LogP contribution < -0.4 is 10.1 Å². The zero-order valence-corrected chi connectivity index (χ0v) is 18.3. The Morgan fingerprint density at radius 3 is 2.50 bits per heavy atom. The first-order chi connectivity index (χ1) is 13.5. The smallest absolute Gasteiger partial charge is 0.261 e. The molecule has 0 bridgehead atoms. The number of hydrogen-bond donors (Lipinski definition) is 1. The molecule has 2 rings (SSSR count). The first-order valence-electron chi connectivity index (χ1n) is 9.15. The number of nitrogens with zero attached hydrogens (tertiary/aromatic N) is 1. The van der Waals surface area contributed by atoms with Crippen LogP contribution in [-0.4, -0.2) is 35.9 Å². The summed E-state index contributed by atoms with van der Waals surface area (Å²) in [5, 5.41) is 3.22. The van der Waals surface area contributed by atoms with E-state index in [1.54, 1.807) is 23.1 Å². The molecule has 0 unspecified atom stereocenters. The monoisotopic (exact) mass is 466 g/mol. The third kappa shape index (κ3) is 6.24. The zero-order valence-electron chi connectivity index (χ0n) is 16.0. The van der Waals surface area contributed by atoms with Gasteiger partial charge in [-0.25, -0.2) is 0 Å². The van der Waals surface area contributed by atoms with Gasteiger partial charge in [-0.15, -0.1) is 0 Å². The highest BCUT2D eigenvalue weighted by atomic mass is 79.9. The summed E-state index contributed by atoms with van der Waals surface area (Å²) in [6.45, 7) is 4.37. The van der Waals surface area contributed by atoms with E-state index in [-0.39, 0.29) is 18.4 Å². The molecule has 0 saturated carbocycles. The standard InChI is InChI=1S/C21H24BrClN2O3/c1-3-18(21(27)24-4-2)25(13-15-8-6-5-7-9-15)20(26)14-28-19-11-10-16(22)12-17(19)23/h5-12,18H,3-4,13-14H2,1-2H3,(H,24,27)/t18-/m1/s1. The highest BCUT2D eigenvalue weighted by Gasteiger charge is 2.28. The van der Waals surface area contributed by atoms with Crippen LogP contribution in [0.5, 0.6) is 5.75 Å². The van der Waals surface area contributed by atoms with E-state index in [1.807, 2.05) is 44.2 Å². The number of carbonyl (C=O) groups is 2. The van der Waals surface area contributed by atoms with Crippen LogP contribution in [0.3, 0.4) is 0 Å². The minimum Gasteiger partial charge on any atom is -0.482 e. The van der Waals surface area contributed by atoms with Crippen molar-refractivity contribution in [3.05, 3.63) is 63.6 Å². The van der Waals surface area contributed by atoms with E-state index < -0.39 is 6.04 Å². The van der Waals surface area contributed by atoms with Crippen molar-refractivity contribution < 1.29 is 14.3 Å². The summed E-state index contributed by atoms with van der Waals surface area (Å²) in [4.78, 5) is 27.0. The number of likely N-dealkylation sites (N-methyl/N-ethyl adjacent to an activating group) is 1. The molecule has 28 heavy (non-hydrogen) atoms. The van der Waals surface area contributed by atoms with E-state index in [1.165, 1.54) is 0 Å². The van der Waals surface area contributed by atoms with Crippen LogP contribution >= 0.6 is 27.5 Å². The molecule has 0 aliphatic rings. The van der Waals surface area contributed by atoms with Crippen molar-refractivity contribution in [1.82, 2.24) is 10.2 Å². The van der Waals surface area contributed by atoms with Crippen LogP contribution in [0.15, 0.2) is 53.0 Å². The number of amides is 2. The van der Waals surface area contributed by atoms with Gasteiger partial charge in [0.1, 0.15) is 11.8 Å². The predicted molar refractivity (Wildman–Crippen MR) is 114 cm³/mol. The second kappa shape index (κ2) is 11.1. The van der Waals surface area contributed by atoms with E-state index in [4.69, 9.17) is 16.3 Å². The average Bonchev–Trinajstić information content (AvgIpc) is 2.68. The number of hydrogen-bond acceptors (Lipinski definition) is 3. The number of ether oxygens (including phenoxy) is 1. The minimum absolute atomic E-state index is 0.170. The van der Waals surface area contributed by atoms with E-state index in [9.17, 15) is 9.59 Å². The van der Waals surface area contributed by atoms with Crippen molar-refractivity contribution >= 4 is 39.3 Å². The Labute approximate surface area is 179 Å². The normalized spacial score (nSPS) is 11.6. The third-order valence-corrected chi connectivity index (χ3v) is 4.97. The van der Waals surface area contributed by atoms with Crippen LogP contribution in [-0.2, 0) is 16.1 Å². The van der Waals surface area contributed by atoms with Crippen LogP contribution in [0.4, 0.5) is 0 Å². The molecule has 2 amide bonds. The van der Waals surface area contributed by atoms with Gasteiger partial charge in [0.25, 0.3) is 5.91 Å². The highest BCUT2D eigenvalue weighted by molar-refractivity contribution is 9.10. The van der Waals surface area contributed by atoms with Crippen molar-refractivity contribution in [2.75, 3.05) is 13.2 Å². The first kappa shape index (κ1) is 22.2. The Bertz CT molecular complexity index is 801. The summed E-state index contributed by atoms with van der Waals surface area (Å²) in [6, 6.07) is 14.2. The highest BCUT2D eigenvalue weighted by Crippen LogP contribution is 2.27. The third-order valence-electron chi connectivity index (χ3n) is 4.18. The fraction of sp³-hybridized carbons (Fsp3) is 0.333. The van der Waals surface area contributed by atoms with E-state index in [0.29, 0.717) is 30.3 Å².